The molecular formula is C11H24IN3O2. The molecule has 1 atom stereocenters. The van der Waals surface area contributed by atoms with Gasteiger partial charge >= 0.3 is 5.97 Å². The predicted molar refractivity (Wildman–Crippen MR) is 80.6 cm³/mol. The number of guanidine groups is 1. The first-order valence-electron chi connectivity index (χ1n) is 5.53. The monoisotopic (exact) mass is 357 g/mol. The highest BCUT2D eigenvalue weighted by Gasteiger charge is 2.15. The van der Waals surface area contributed by atoms with E-state index in [9.17, 15) is 4.79 Å². The summed E-state index contributed by atoms with van der Waals surface area (Å²) in [4.78, 5) is 15.2. The third-order valence-corrected chi connectivity index (χ3v) is 1.81. The van der Waals surface area contributed by atoms with Gasteiger partial charge < -0.3 is 15.8 Å². The number of halogens is 1. The van der Waals surface area contributed by atoms with Gasteiger partial charge in [0.25, 0.3) is 0 Å². The summed E-state index contributed by atoms with van der Waals surface area (Å²) in [6.45, 7) is 9.43. The Kier molecular flexibility index (Phi) is 9.46. The summed E-state index contributed by atoms with van der Waals surface area (Å²) in [6, 6.07) is 0.252. The van der Waals surface area contributed by atoms with E-state index in [1.54, 1.807) is 0 Å². The highest BCUT2D eigenvalue weighted by molar-refractivity contribution is 14.0. The van der Waals surface area contributed by atoms with E-state index in [-0.39, 0.29) is 48.5 Å². The van der Waals surface area contributed by atoms with Crippen LogP contribution >= 0.6 is 24.0 Å². The molecule has 0 heterocycles. The highest BCUT2D eigenvalue weighted by atomic mass is 127. The van der Waals surface area contributed by atoms with Crippen molar-refractivity contribution in [3.05, 3.63) is 0 Å². The minimum absolute atomic E-state index is 0. The molecule has 17 heavy (non-hydrogen) atoms. The number of nitrogens with zero attached hydrogens (tertiary/aromatic N) is 1. The standard InChI is InChI=1S/C11H23N3O2.HI/c1-6-8(2)14-10(12)13-7-9(15)16-11(3,4)5;/h8H,6-7H2,1-5H3,(H3,12,13,14);1H. The molecule has 0 bridgehead atoms. The van der Waals surface area contributed by atoms with Crippen LogP contribution in [0.5, 0.6) is 0 Å². The van der Waals surface area contributed by atoms with Crippen molar-refractivity contribution in [2.45, 2.75) is 52.7 Å². The minimum atomic E-state index is -0.481. The molecule has 0 spiro atoms. The molecule has 0 aliphatic rings. The molecule has 0 saturated heterocycles. The lowest BCUT2D eigenvalue weighted by atomic mass is 10.2. The van der Waals surface area contributed by atoms with Crippen LogP contribution in [0.3, 0.4) is 0 Å². The van der Waals surface area contributed by atoms with Crippen molar-refractivity contribution < 1.29 is 9.53 Å². The molecule has 0 aliphatic carbocycles. The molecule has 0 aromatic heterocycles. The van der Waals surface area contributed by atoms with Crippen molar-refractivity contribution in [2.75, 3.05) is 6.54 Å². The van der Waals surface area contributed by atoms with Gasteiger partial charge in [-0.15, -0.1) is 24.0 Å². The molecule has 0 rings (SSSR count). The lowest BCUT2D eigenvalue weighted by Crippen LogP contribution is -2.38. The van der Waals surface area contributed by atoms with E-state index in [0.717, 1.165) is 6.42 Å². The smallest absolute Gasteiger partial charge is 0.328 e. The van der Waals surface area contributed by atoms with Gasteiger partial charge in [-0.05, 0) is 34.1 Å². The molecule has 0 aromatic carbocycles. The SMILES string of the molecule is CCC(C)NC(N)=NCC(=O)OC(C)(C)C.I. The van der Waals surface area contributed by atoms with Crippen molar-refractivity contribution in [3.63, 3.8) is 0 Å². The quantitative estimate of drug-likeness (QED) is 0.347. The average Bonchev–Trinajstić information content (AvgIpc) is 2.12. The fraction of sp³-hybridized carbons (Fsp3) is 0.818. The lowest BCUT2D eigenvalue weighted by Gasteiger charge is -2.18. The molecule has 102 valence electrons. The Morgan fingerprint density at radius 2 is 2.00 bits per heavy atom. The maximum atomic E-state index is 11.3. The molecule has 6 heteroatoms. The summed E-state index contributed by atoms with van der Waals surface area (Å²) >= 11 is 0. The second kappa shape index (κ2) is 8.54. The Labute approximate surface area is 121 Å². The summed E-state index contributed by atoms with van der Waals surface area (Å²) in [5.74, 6) is -0.0957. The maximum absolute atomic E-state index is 11.3. The van der Waals surface area contributed by atoms with E-state index in [0.29, 0.717) is 0 Å². The molecule has 0 radical (unpaired) electrons. The van der Waals surface area contributed by atoms with Gasteiger partial charge in [0.05, 0.1) is 0 Å². The van der Waals surface area contributed by atoms with Crippen molar-refractivity contribution in [3.8, 4) is 0 Å². The van der Waals surface area contributed by atoms with Crippen LogP contribution in [0.2, 0.25) is 0 Å². The highest BCUT2D eigenvalue weighted by Crippen LogP contribution is 2.06. The number of carbonyl (C=O) groups is 1. The molecule has 5 nitrogen and oxygen atoms in total. The number of nitrogens with two attached hydrogens (primary N) is 1. The first kappa shape index (κ1) is 18.8. The topological polar surface area (TPSA) is 76.7 Å². The summed E-state index contributed by atoms with van der Waals surface area (Å²) < 4.78 is 5.09. The first-order valence-corrected chi connectivity index (χ1v) is 5.53. The summed E-state index contributed by atoms with van der Waals surface area (Å²) in [5.41, 5.74) is 5.11. The summed E-state index contributed by atoms with van der Waals surface area (Å²) in [6.07, 6.45) is 0.947. The maximum Gasteiger partial charge on any atom is 0.328 e. The predicted octanol–water partition coefficient (Wildman–Crippen LogP) is 1.65. The number of rotatable bonds is 4. The van der Waals surface area contributed by atoms with Crippen LogP contribution in [0, 0.1) is 0 Å². The summed E-state index contributed by atoms with van der Waals surface area (Å²) in [7, 11) is 0. The Morgan fingerprint density at radius 1 is 1.47 bits per heavy atom. The minimum Gasteiger partial charge on any atom is -0.459 e. The number of carbonyl (C=O) groups excluding carboxylic acids is 1. The van der Waals surface area contributed by atoms with E-state index in [2.05, 4.69) is 10.3 Å². The molecule has 0 fully saturated rings. The van der Waals surface area contributed by atoms with Crippen LogP contribution in [0.1, 0.15) is 41.0 Å². The van der Waals surface area contributed by atoms with E-state index >= 15 is 0 Å². The van der Waals surface area contributed by atoms with Gasteiger partial charge in [0, 0.05) is 6.04 Å². The van der Waals surface area contributed by atoms with Gasteiger partial charge in [-0.1, -0.05) is 6.92 Å². The largest absolute Gasteiger partial charge is 0.459 e. The Bertz CT molecular complexity index is 262. The summed E-state index contributed by atoms with van der Waals surface area (Å²) in [5, 5.41) is 2.97. The van der Waals surface area contributed by atoms with Crippen LogP contribution in [-0.2, 0) is 9.53 Å². The number of nitrogens with one attached hydrogen (secondary N) is 1. The van der Waals surface area contributed by atoms with E-state index in [1.165, 1.54) is 0 Å². The zero-order valence-electron chi connectivity index (χ0n) is 11.2. The van der Waals surface area contributed by atoms with Gasteiger partial charge in [-0.25, -0.2) is 4.99 Å². The first-order chi connectivity index (χ1) is 7.24. The van der Waals surface area contributed by atoms with Crippen LogP contribution in [0.15, 0.2) is 4.99 Å². The van der Waals surface area contributed by atoms with Gasteiger partial charge in [0.1, 0.15) is 12.1 Å². The van der Waals surface area contributed by atoms with E-state index in [4.69, 9.17) is 10.5 Å². The van der Waals surface area contributed by atoms with Crippen LogP contribution in [0.4, 0.5) is 0 Å². The average molecular weight is 357 g/mol. The Morgan fingerprint density at radius 3 is 2.41 bits per heavy atom. The van der Waals surface area contributed by atoms with Gasteiger partial charge in [-0.2, -0.15) is 0 Å². The van der Waals surface area contributed by atoms with Gasteiger partial charge in [0.15, 0.2) is 5.96 Å². The number of ether oxygens (including phenoxy) is 1. The van der Waals surface area contributed by atoms with Crippen LogP contribution in [-0.4, -0.2) is 30.1 Å². The molecule has 1 unspecified atom stereocenters. The Balaban J connectivity index is 0. The van der Waals surface area contributed by atoms with Crippen LogP contribution < -0.4 is 11.1 Å². The van der Waals surface area contributed by atoms with Gasteiger partial charge in [0.2, 0.25) is 0 Å². The van der Waals surface area contributed by atoms with E-state index in [1.807, 2.05) is 34.6 Å². The molecule has 3 N–H and O–H groups in total. The zero-order valence-corrected chi connectivity index (χ0v) is 13.6. The van der Waals surface area contributed by atoms with Crippen LogP contribution in [0.25, 0.3) is 0 Å². The van der Waals surface area contributed by atoms with E-state index < -0.39 is 5.60 Å². The third-order valence-electron chi connectivity index (χ3n) is 1.81. The fourth-order valence-corrected chi connectivity index (χ4v) is 0.924. The number of aliphatic imine (C=N–C) groups is 1. The fourth-order valence-electron chi connectivity index (χ4n) is 0.924. The number of hydrogen-bond donors (Lipinski definition) is 2. The zero-order chi connectivity index (χ0) is 12.8. The molecule has 0 aliphatic heterocycles. The molecule has 0 amide bonds. The molecular weight excluding hydrogens is 333 g/mol. The van der Waals surface area contributed by atoms with Crippen molar-refractivity contribution in [2.24, 2.45) is 10.7 Å². The molecule has 0 saturated carbocycles. The third kappa shape index (κ3) is 11.7. The molecule has 0 aromatic rings. The Hall–Kier alpha value is -0.530. The second-order valence-corrected chi connectivity index (χ2v) is 4.74. The van der Waals surface area contributed by atoms with Crippen molar-refractivity contribution in [1.82, 2.24) is 5.32 Å². The van der Waals surface area contributed by atoms with Crippen molar-refractivity contribution in [1.29, 1.82) is 0 Å². The number of hydrogen-bond acceptors (Lipinski definition) is 3. The number of esters is 1. The van der Waals surface area contributed by atoms with Crippen molar-refractivity contribution >= 4 is 35.9 Å². The van der Waals surface area contributed by atoms with Gasteiger partial charge in [-0.3, -0.25) is 4.79 Å². The second-order valence-electron chi connectivity index (χ2n) is 4.74. The lowest BCUT2D eigenvalue weighted by molar-refractivity contribution is -0.152. The normalized spacial score (nSPS) is 13.6.